The summed E-state index contributed by atoms with van der Waals surface area (Å²) in [5.74, 6) is 0.126. The highest BCUT2D eigenvalue weighted by Crippen LogP contribution is 2.29. The third-order valence-electron chi connectivity index (χ3n) is 2.26. The van der Waals surface area contributed by atoms with Crippen LogP contribution in [0.5, 0.6) is 5.75 Å². The Balaban J connectivity index is 2.26. The largest absolute Gasteiger partial charge is 0.508 e. The monoisotopic (exact) mass is 277 g/mol. The normalized spacial score (nSPS) is 10.8. The Labute approximate surface area is 113 Å². The van der Waals surface area contributed by atoms with Crippen molar-refractivity contribution >= 4 is 28.7 Å². The third-order valence-corrected chi connectivity index (χ3v) is 2.58. The fraction of sp³-hybridized carbons (Fsp3) is 0. The molecular formula is C12H8ClN3O3. The first-order chi connectivity index (χ1) is 9.06. The van der Waals surface area contributed by atoms with Crippen LogP contribution >= 0.6 is 11.6 Å². The van der Waals surface area contributed by atoms with Gasteiger partial charge in [-0.15, -0.1) is 0 Å². The maximum absolute atomic E-state index is 10.7. The van der Waals surface area contributed by atoms with Gasteiger partial charge in [-0.3, -0.25) is 10.1 Å². The van der Waals surface area contributed by atoms with Gasteiger partial charge in [0.15, 0.2) is 0 Å². The van der Waals surface area contributed by atoms with E-state index in [1.54, 1.807) is 12.1 Å². The lowest BCUT2D eigenvalue weighted by Crippen LogP contribution is -1.87. The minimum atomic E-state index is -0.581. The number of hydrogen-bond acceptors (Lipinski definition) is 5. The second-order valence-corrected chi connectivity index (χ2v) is 4.02. The maximum Gasteiger partial charge on any atom is 0.290 e. The lowest BCUT2D eigenvalue weighted by Gasteiger charge is -1.97. The molecule has 0 amide bonds. The summed E-state index contributed by atoms with van der Waals surface area (Å²) in [6, 6.07) is 10.3. The van der Waals surface area contributed by atoms with Crippen molar-refractivity contribution in [3.63, 3.8) is 0 Å². The van der Waals surface area contributed by atoms with Crippen molar-refractivity contribution < 1.29 is 10.0 Å². The first kappa shape index (κ1) is 13.0. The highest BCUT2D eigenvalue weighted by Gasteiger charge is 2.12. The van der Waals surface area contributed by atoms with Crippen LogP contribution in [0.4, 0.5) is 17.1 Å². The number of hydrogen-bond donors (Lipinski definition) is 1. The molecule has 2 aromatic carbocycles. The summed E-state index contributed by atoms with van der Waals surface area (Å²) in [7, 11) is 0. The Kier molecular flexibility index (Phi) is 3.72. The molecule has 0 heterocycles. The van der Waals surface area contributed by atoms with Gasteiger partial charge in [0.25, 0.3) is 5.69 Å². The minimum absolute atomic E-state index is 0.0496. The molecule has 6 nitrogen and oxygen atoms in total. The SMILES string of the molecule is O=[N+]([O-])c1cc(N=Nc2ccc(O)cc2)ccc1Cl. The lowest BCUT2D eigenvalue weighted by atomic mass is 10.3. The van der Waals surface area contributed by atoms with Gasteiger partial charge in [-0.1, -0.05) is 11.6 Å². The Morgan fingerprint density at radius 2 is 1.63 bits per heavy atom. The molecule has 0 fully saturated rings. The van der Waals surface area contributed by atoms with E-state index >= 15 is 0 Å². The molecule has 0 saturated carbocycles. The van der Waals surface area contributed by atoms with Crippen molar-refractivity contribution in [2.75, 3.05) is 0 Å². The van der Waals surface area contributed by atoms with Crippen LogP contribution in [0.3, 0.4) is 0 Å². The molecule has 19 heavy (non-hydrogen) atoms. The molecule has 7 heteroatoms. The van der Waals surface area contributed by atoms with E-state index in [-0.39, 0.29) is 16.5 Å². The number of azo groups is 1. The van der Waals surface area contributed by atoms with Gasteiger partial charge in [-0.05, 0) is 36.4 Å². The second-order valence-electron chi connectivity index (χ2n) is 3.61. The predicted octanol–water partition coefficient (Wildman–Crippen LogP) is 4.37. The van der Waals surface area contributed by atoms with Crippen LogP contribution in [-0.4, -0.2) is 10.0 Å². The number of phenolic OH excluding ortho intramolecular Hbond substituents is 1. The summed E-state index contributed by atoms with van der Waals surface area (Å²) in [6.07, 6.45) is 0. The molecule has 2 aromatic rings. The standard InChI is InChI=1S/C12H8ClN3O3/c13-11-6-3-9(7-12(11)16(18)19)15-14-8-1-4-10(17)5-2-8/h1-7,17H. The fourth-order valence-electron chi connectivity index (χ4n) is 1.34. The van der Waals surface area contributed by atoms with E-state index in [9.17, 15) is 10.1 Å². The third kappa shape index (κ3) is 3.26. The van der Waals surface area contributed by atoms with Crippen LogP contribution < -0.4 is 0 Å². The predicted molar refractivity (Wildman–Crippen MR) is 70.4 cm³/mol. The first-order valence-corrected chi connectivity index (χ1v) is 5.59. The number of benzene rings is 2. The number of aromatic hydroxyl groups is 1. The molecule has 0 saturated heterocycles. The Morgan fingerprint density at radius 1 is 1.05 bits per heavy atom. The van der Waals surface area contributed by atoms with Crippen molar-refractivity contribution in [1.29, 1.82) is 0 Å². The van der Waals surface area contributed by atoms with Crippen LogP contribution in [0.25, 0.3) is 0 Å². The number of halogens is 1. The molecule has 1 N–H and O–H groups in total. The lowest BCUT2D eigenvalue weighted by molar-refractivity contribution is -0.384. The average molecular weight is 278 g/mol. The van der Waals surface area contributed by atoms with Crippen LogP contribution in [0, 0.1) is 10.1 Å². The smallest absolute Gasteiger partial charge is 0.290 e. The minimum Gasteiger partial charge on any atom is -0.508 e. The number of nitro benzene ring substituents is 1. The van der Waals surface area contributed by atoms with Crippen LogP contribution in [-0.2, 0) is 0 Å². The Hall–Kier alpha value is -2.47. The molecule has 96 valence electrons. The van der Waals surface area contributed by atoms with Crippen molar-refractivity contribution in [2.45, 2.75) is 0 Å². The van der Waals surface area contributed by atoms with Gasteiger partial charge in [0.1, 0.15) is 10.8 Å². The van der Waals surface area contributed by atoms with Gasteiger partial charge in [-0.2, -0.15) is 10.2 Å². The summed E-state index contributed by atoms with van der Waals surface area (Å²) in [5.41, 5.74) is 0.628. The van der Waals surface area contributed by atoms with E-state index < -0.39 is 4.92 Å². The van der Waals surface area contributed by atoms with E-state index in [4.69, 9.17) is 16.7 Å². The van der Waals surface area contributed by atoms with Crippen LogP contribution in [0.1, 0.15) is 0 Å². The van der Waals surface area contributed by atoms with Gasteiger partial charge < -0.3 is 5.11 Å². The number of rotatable bonds is 3. The van der Waals surface area contributed by atoms with Gasteiger partial charge in [0, 0.05) is 6.07 Å². The van der Waals surface area contributed by atoms with Gasteiger partial charge >= 0.3 is 0 Å². The maximum atomic E-state index is 10.7. The summed E-state index contributed by atoms with van der Waals surface area (Å²) in [5, 5.41) is 27.6. The molecule has 0 aliphatic rings. The molecule has 0 aromatic heterocycles. The summed E-state index contributed by atoms with van der Waals surface area (Å²) in [6.45, 7) is 0. The molecule has 0 atom stereocenters. The molecule has 0 aliphatic carbocycles. The molecule has 0 radical (unpaired) electrons. The zero-order valence-electron chi connectivity index (χ0n) is 9.52. The van der Waals surface area contributed by atoms with E-state index in [2.05, 4.69) is 10.2 Å². The van der Waals surface area contributed by atoms with Crippen LogP contribution in [0.15, 0.2) is 52.7 Å². The van der Waals surface area contributed by atoms with Crippen molar-refractivity contribution in [3.05, 3.63) is 57.6 Å². The molecular weight excluding hydrogens is 270 g/mol. The number of nitro groups is 1. The molecule has 0 unspecified atom stereocenters. The van der Waals surface area contributed by atoms with Crippen molar-refractivity contribution in [3.8, 4) is 5.75 Å². The highest BCUT2D eigenvalue weighted by molar-refractivity contribution is 6.32. The first-order valence-electron chi connectivity index (χ1n) is 5.21. The van der Waals surface area contributed by atoms with E-state index in [1.807, 2.05) is 0 Å². The van der Waals surface area contributed by atoms with Crippen molar-refractivity contribution in [2.24, 2.45) is 10.2 Å². The van der Waals surface area contributed by atoms with E-state index in [0.29, 0.717) is 11.4 Å². The van der Waals surface area contributed by atoms with Gasteiger partial charge in [0.05, 0.1) is 16.3 Å². The van der Waals surface area contributed by atoms with E-state index in [0.717, 1.165) is 0 Å². The summed E-state index contributed by atoms with van der Waals surface area (Å²) >= 11 is 5.68. The topological polar surface area (TPSA) is 88.1 Å². The molecule has 0 bridgehead atoms. The zero-order valence-corrected chi connectivity index (χ0v) is 10.3. The number of nitrogens with zero attached hydrogens (tertiary/aromatic N) is 3. The zero-order chi connectivity index (χ0) is 13.8. The van der Waals surface area contributed by atoms with Gasteiger partial charge in [-0.25, -0.2) is 0 Å². The fourth-order valence-corrected chi connectivity index (χ4v) is 1.52. The molecule has 2 rings (SSSR count). The highest BCUT2D eigenvalue weighted by atomic mass is 35.5. The molecule has 0 aliphatic heterocycles. The average Bonchev–Trinajstić information content (AvgIpc) is 2.39. The summed E-state index contributed by atoms with van der Waals surface area (Å²) < 4.78 is 0. The Morgan fingerprint density at radius 3 is 2.26 bits per heavy atom. The van der Waals surface area contributed by atoms with Crippen molar-refractivity contribution in [1.82, 2.24) is 0 Å². The Bertz CT molecular complexity index is 641. The van der Waals surface area contributed by atoms with Crippen LogP contribution in [0.2, 0.25) is 5.02 Å². The molecule has 0 spiro atoms. The van der Waals surface area contributed by atoms with Gasteiger partial charge in [0.2, 0.25) is 0 Å². The summed E-state index contributed by atoms with van der Waals surface area (Å²) in [4.78, 5) is 10.1. The number of phenols is 1. The second kappa shape index (κ2) is 5.45. The quantitative estimate of drug-likeness (QED) is 0.513. The van der Waals surface area contributed by atoms with E-state index in [1.165, 1.54) is 30.3 Å².